The van der Waals surface area contributed by atoms with E-state index in [0.29, 0.717) is 0 Å². The molecule has 0 aromatic carbocycles. The van der Waals surface area contributed by atoms with E-state index in [-0.39, 0.29) is 5.56 Å². The van der Waals surface area contributed by atoms with Crippen molar-refractivity contribution in [2.75, 3.05) is 7.11 Å². The summed E-state index contributed by atoms with van der Waals surface area (Å²) < 4.78 is 70.8. The van der Waals surface area contributed by atoms with E-state index in [0.717, 1.165) is 13.3 Å². The van der Waals surface area contributed by atoms with Crippen LogP contribution in [0.5, 0.6) is 5.88 Å². The summed E-state index contributed by atoms with van der Waals surface area (Å²) in [6, 6.07) is 0. The second-order valence-corrected chi connectivity index (χ2v) is 3.98. The average molecular weight is 334 g/mol. The van der Waals surface area contributed by atoms with Gasteiger partial charge in [-0.2, -0.15) is 0 Å². The zero-order valence-electron chi connectivity index (χ0n) is 10.5. The lowest BCUT2D eigenvalue weighted by Gasteiger charge is -2.17. The molecule has 0 radical (unpaired) electrons. The van der Waals surface area contributed by atoms with E-state index >= 15 is 0 Å². The summed E-state index contributed by atoms with van der Waals surface area (Å²) in [7, 11) is 0.966. The van der Waals surface area contributed by atoms with Gasteiger partial charge in [-0.3, -0.25) is 4.79 Å². The zero-order valence-corrected chi connectivity index (χ0v) is 11.3. The van der Waals surface area contributed by atoms with Crippen molar-refractivity contribution in [1.29, 1.82) is 0 Å². The van der Waals surface area contributed by atoms with Gasteiger partial charge in [0.05, 0.1) is 13.5 Å². The molecule has 0 unspecified atom stereocenters. The number of pyridine rings is 1. The number of halogens is 6. The second kappa shape index (κ2) is 6.88. The van der Waals surface area contributed by atoms with Crippen LogP contribution in [0.1, 0.15) is 23.1 Å². The number of alkyl halides is 6. The summed E-state index contributed by atoms with van der Waals surface area (Å²) in [4.78, 5) is 14.5. The Kier molecular flexibility index (Phi) is 5.70. The van der Waals surface area contributed by atoms with Gasteiger partial charge in [0.25, 0.3) is 6.43 Å². The Hall–Kier alpha value is -1.64. The number of nitrogens with zero attached hydrogens (tertiary/aromatic N) is 1. The number of hydrogen-bond acceptors (Lipinski definition) is 4. The number of rotatable bonds is 5. The van der Waals surface area contributed by atoms with Crippen LogP contribution in [0.15, 0.2) is 6.20 Å². The quantitative estimate of drug-likeness (QED) is 0.471. The third-order valence-electron chi connectivity index (χ3n) is 2.39. The van der Waals surface area contributed by atoms with E-state index in [9.17, 15) is 26.7 Å². The molecule has 0 N–H and O–H groups in total. The molecule has 0 amide bonds. The minimum Gasteiger partial charge on any atom is -0.469 e. The summed E-state index contributed by atoms with van der Waals surface area (Å²) in [6.45, 7) is 0. The van der Waals surface area contributed by atoms with Crippen LogP contribution in [0, 0.1) is 0 Å². The highest BCUT2D eigenvalue weighted by Gasteiger charge is 2.35. The van der Waals surface area contributed by atoms with Gasteiger partial charge in [-0.15, -0.1) is 24.8 Å². The molecule has 0 fully saturated rings. The Morgan fingerprint density at radius 1 is 1.43 bits per heavy atom. The summed E-state index contributed by atoms with van der Waals surface area (Å²) in [5.41, 5.74) is -1.71. The monoisotopic (exact) mass is 333 g/mol. The van der Waals surface area contributed by atoms with Gasteiger partial charge in [-0.1, -0.05) is 0 Å². The Labute approximate surface area is 120 Å². The largest absolute Gasteiger partial charge is 0.574 e. The maximum absolute atomic E-state index is 13.1. The lowest BCUT2D eigenvalue weighted by molar-refractivity contribution is -0.276. The second-order valence-electron chi connectivity index (χ2n) is 3.72. The van der Waals surface area contributed by atoms with E-state index in [4.69, 9.17) is 11.6 Å². The molecule has 0 aliphatic rings. The molecule has 4 nitrogen and oxygen atoms in total. The lowest BCUT2D eigenvalue weighted by Crippen LogP contribution is -2.21. The lowest BCUT2D eigenvalue weighted by atomic mass is 10.0. The Morgan fingerprint density at radius 2 is 2.05 bits per heavy atom. The number of carbonyl (C=O) groups excluding carboxylic acids is 1. The number of aromatic nitrogens is 1. The van der Waals surface area contributed by atoms with Gasteiger partial charge in [-0.05, 0) is 5.56 Å². The molecule has 118 valence electrons. The highest BCUT2D eigenvalue weighted by molar-refractivity contribution is 6.17. The minimum atomic E-state index is -5.14. The first-order valence-electron chi connectivity index (χ1n) is 5.37. The van der Waals surface area contributed by atoms with Gasteiger partial charge in [0.1, 0.15) is 0 Å². The third-order valence-corrected chi connectivity index (χ3v) is 2.68. The predicted octanol–water partition coefficient (Wildman–Crippen LogP) is 3.37. The number of esters is 1. The average Bonchev–Trinajstić information content (AvgIpc) is 2.38. The van der Waals surface area contributed by atoms with E-state index in [1.165, 1.54) is 0 Å². The van der Waals surface area contributed by atoms with Crippen LogP contribution in [-0.2, 0) is 21.8 Å². The van der Waals surface area contributed by atoms with Crippen molar-refractivity contribution in [3.8, 4) is 5.88 Å². The van der Waals surface area contributed by atoms with Gasteiger partial charge in [0.15, 0.2) is 0 Å². The molecule has 1 rings (SSSR count). The van der Waals surface area contributed by atoms with E-state index in [1.807, 2.05) is 0 Å². The fourth-order valence-electron chi connectivity index (χ4n) is 1.56. The van der Waals surface area contributed by atoms with Crippen molar-refractivity contribution >= 4 is 17.6 Å². The van der Waals surface area contributed by atoms with Crippen LogP contribution in [0.2, 0.25) is 0 Å². The van der Waals surface area contributed by atoms with Crippen molar-refractivity contribution < 1.29 is 36.2 Å². The molecule has 0 bridgehead atoms. The van der Waals surface area contributed by atoms with Crippen LogP contribution < -0.4 is 4.74 Å². The molecule has 10 heteroatoms. The van der Waals surface area contributed by atoms with E-state index in [1.54, 1.807) is 0 Å². The standard InChI is InChI=1S/C11H9ClF5NO3/c1-20-7(19)2-6-8(9(13)14)5(3-12)4-18-10(6)21-11(15,16)17/h4,9H,2-3H2,1H3. The van der Waals surface area contributed by atoms with Gasteiger partial charge in [0, 0.05) is 23.2 Å². The maximum Gasteiger partial charge on any atom is 0.574 e. The SMILES string of the molecule is COC(=O)Cc1c(OC(F)(F)F)ncc(CCl)c1C(F)F. The van der Waals surface area contributed by atoms with Crippen molar-refractivity contribution in [2.24, 2.45) is 0 Å². The minimum absolute atomic E-state index is 0.194. The van der Waals surface area contributed by atoms with Crippen LogP contribution in [0.4, 0.5) is 22.0 Å². The topological polar surface area (TPSA) is 48.4 Å². The molecule has 1 heterocycles. The Balaban J connectivity index is 3.42. The third kappa shape index (κ3) is 4.69. The number of methoxy groups -OCH3 is 1. The fraction of sp³-hybridized carbons (Fsp3) is 0.455. The molecule has 21 heavy (non-hydrogen) atoms. The van der Waals surface area contributed by atoms with Crippen LogP contribution in [-0.4, -0.2) is 24.4 Å². The highest BCUT2D eigenvalue weighted by Crippen LogP contribution is 2.35. The first-order chi connectivity index (χ1) is 9.69. The molecule has 0 saturated heterocycles. The Morgan fingerprint density at radius 3 is 2.48 bits per heavy atom. The maximum atomic E-state index is 13.1. The molecule has 0 aliphatic heterocycles. The van der Waals surface area contributed by atoms with Crippen molar-refractivity contribution in [3.05, 3.63) is 22.9 Å². The van der Waals surface area contributed by atoms with E-state index in [2.05, 4.69) is 14.5 Å². The van der Waals surface area contributed by atoms with Crippen LogP contribution in [0.3, 0.4) is 0 Å². The fourth-order valence-corrected chi connectivity index (χ4v) is 1.77. The summed E-state index contributed by atoms with van der Waals surface area (Å²) in [6.07, 6.45) is -8.40. The molecule has 0 atom stereocenters. The number of carbonyl (C=O) groups is 1. The predicted molar refractivity (Wildman–Crippen MR) is 61.2 cm³/mol. The number of ether oxygens (including phenoxy) is 2. The molecule has 0 spiro atoms. The normalized spacial score (nSPS) is 11.6. The molecule has 1 aromatic rings. The summed E-state index contributed by atoms with van der Waals surface area (Å²) >= 11 is 5.45. The van der Waals surface area contributed by atoms with Gasteiger partial charge in [-0.25, -0.2) is 13.8 Å². The highest BCUT2D eigenvalue weighted by atomic mass is 35.5. The van der Waals surface area contributed by atoms with Crippen LogP contribution >= 0.6 is 11.6 Å². The molecular formula is C11H9ClF5NO3. The van der Waals surface area contributed by atoms with Gasteiger partial charge < -0.3 is 9.47 Å². The van der Waals surface area contributed by atoms with Crippen molar-refractivity contribution in [1.82, 2.24) is 4.98 Å². The van der Waals surface area contributed by atoms with Crippen LogP contribution in [0.25, 0.3) is 0 Å². The van der Waals surface area contributed by atoms with Crippen molar-refractivity contribution in [2.45, 2.75) is 25.1 Å². The molecule has 0 aliphatic carbocycles. The zero-order chi connectivity index (χ0) is 16.2. The Bertz CT molecular complexity index is 521. The summed E-state index contributed by atoms with van der Waals surface area (Å²) in [5.74, 6) is -2.55. The van der Waals surface area contributed by atoms with Crippen molar-refractivity contribution in [3.63, 3.8) is 0 Å². The summed E-state index contributed by atoms with van der Waals surface area (Å²) in [5, 5.41) is 0. The first-order valence-corrected chi connectivity index (χ1v) is 5.90. The molecule has 0 saturated carbocycles. The first kappa shape index (κ1) is 17.4. The molecule has 1 aromatic heterocycles. The number of hydrogen-bond donors (Lipinski definition) is 0. The van der Waals surface area contributed by atoms with Gasteiger partial charge >= 0.3 is 12.3 Å². The van der Waals surface area contributed by atoms with E-state index < -0.39 is 48.1 Å². The smallest absolute Gasteiger partial charge is 0.469 e. The van der Waals surface area contributed by atoms with Gasteiger partial charge in [0.2, 0.25) is 5.88 Å². The molecular weight excluding hydrogens is 325 g/mol.